The van der Waals surface area contributed by atoms with Gasteiger partial charge in [-0.15, -0.1) is 0 Å². The third kappa shape index (κ3) is 6.86. The molecule has 14 heavy (non-hydrogen) atoms. The van der Waals surface area contributed by atoms with Crippen molar-refractivity contribution in [2.24, 2.45) is 5.92 Å². The van der Waals surface area contributed by atoms with Gasteiger partial charge < -0.3 is 15.2 Å². The summed E-state index contributed by atoms with van der Waals surface area (Å²) in [5, 5.41) is 12.0. The summed E-state index contributed by atoms with van der Waals surface area (Å²) in [5.41, 5.74) is 0. The van der Waals surface area contributed by atoms with Crippen molar-refractivity contribution in [3.63, 3.8) is 0 Å². The molecule has 0 bridgehead atoms. The van der Waals surface area contributed by atoms with E-state index in [0.29, 0.717) is 0 Å². The third-order valence-corrected chi connectivity index (χ3v) is 1.66. The highest BCUT2D eigenvalue weighted by Crippen LogP contribution is 1.93. The lowest BCUT2D eigenvalue weighted by Crippen LogP contribution is -2.37. The molecular weight excluding hydrogens is 182 g/mol. The van der Waals surface area contributed by atoms with Gasteiger partial charge in [-0.2, -0.15) is 0 Å². The number of hydrogen-bond donors (Lipinski definition) is 2. The van der Waals surface area contributed by atoms with E-state index in [2.05, 4.69) is 5.32 Å². The lowest BCUT2D eigenvalue weighted by Gasteiger charge is -2.14. The van der Waals surface area contributed by atoms with Crippen molar-refractivity contribution in [3.05, 3.63) is 0 Å². The van der Waals surface area contributed by atoms with Crippen molar-refractivity contribution >= 4 is 5.91 Å². The van der Waals surface area contributed by atoms with Gasteiger partial charge in [0.2, 0.25) is 5.91 Å². The van der Waals surface area contributed by atoms with Crippen molar-refractivity contribution in [2.75, 3.05) is 13.2 Å². The number of carbonyl (C=O) groups is 1. The van der Waals surface area contributed by atoms with Crippen LogP contribution in [-0.2, 0) is 9.53 Å². The Hall–Kier alpha value is -0.610. The highest BCUT2D eigenvalue weighted by atomic mass is 16.5. The Morgan fingerprint density at radius 1 is 1.36 bits per heavy atom. The van der Waals surface area contributed by atoms with Crippen molar-refractivity contribution in [2.45, 2.75) is 39.9 Å². The second-order valence-corrected chi connectivity index (χ2v) is 3.94. The van der Waals surface area contributed by atoms with Gasteiger partial charge in [-0.05, 0) is 13.8 Å². The highest BCUT2D eigenvalue weighted by molar-refractivity contribution is 5.77. The van der Waals surface area contributed by atoms with Gasteiger partial charge in [-0.1, -0.05) is 13.8 Å². The Kier molecular flexibility index (Phi) is 6.49. The molecule has 1 amide bonds. The van der Waals surface area contributed by atoms with Gasteiger partial charge in [0.15, 0.2) is 0 Å². The molecular formula is C10H21NO3. The minimum absolute atomic E-state index is 0.0476. The van der Waals surface area contributed by atoms with E-state index in [1.165, 1.54) is 0 Å². The van der Waals surface area contributed by atoms with Crippen LogP contribution < -0.4 is 5.32 Å². The molecule has 0 fully saturated rings. The Morgan fingerprint density at radius 2 is 1.93 bits per heavy atom. The first-order valence-electron chi connectivity index (χ1n) is 5.00. The van der Waals surface area contributed by atoms with E-state index in [-0.39, 0.29) is 31.1 Å². The molecule has 0 aromatic carbocycles. The third-order valence-electron chi connectivity index (χ3n) is 1.66. The van der Waals surface area contributed by atoms with Gasteiger partial charge in [0.05, 0.1) is 18.8 Å². The SMILES string of the molecule is CC(C)OCC(O)CNC(=O)C(C)C. The van der Waals surface area contributed by atoms with Crippen LogP contribution >= 0.6 is 0 Å². The maximum Gasteiger partial charge on any atom is 0.222 e. The Labute approximate surface area is 85.6 Å². The lowest BCUT2D eigenvalue weighted by molar-refractivity contribution is -0.124. The average molecular weight is 203 g/mol. The monoisotopic (exact) mass is 203 g/mol. The van der Waals surface area contributed by atoms with Gasteiger partial charge in [0.25, 0.3) is 0 Å². The number of nitrogens with one attached hydrogen (secondary N) is 1. The van der Waals surface area contributed by atoms with Crippen molar-refractivity contribution in [1.82, 2.24) is 5.32 Å². The zero-order chi connectivity index (χ0) is 11.1. The summed E-state index contributed by atoms with van der Waals surface area (Å²) in [5.74, 6) is -0.0955. The number of hydrogen-bond acceptors (Lipinski definition) is 3. The number of rotatable bonds is 6. The van der Waals surface area contributed by atoms with Crippen LogP contribution in [0.5, 0.6) is 0 Å². The molecule has 0 spiro atoms. The molecule has 0 aromatic rings. The van der Waals surface area contributed by atoms with E-state index in [9.17, 15) is 9.90 Å². The second-order valence-electron chi connectivity index (χ2n) is 3.94. The van der Waals surface area contributed by atoms with Gasteiger partial charge >= 0.3 is 0 Å². The fraction of sp³-hybridized carbons (Fsp3) is 0.900. The summed E-state index contributed by atoms with van der Waals surface area (Å²) in [6.45, 7) is 7.94. The first kappa shape index (κ1) is 13.4. The number of aliphatic hydroxyl groups excluding tert-OH is 1. The Morgan fingerprint density at radius 3 is 2.36 bits per heavy atom. The second kappa shape index (κ2) is 6.79. The fourth-order valence-corrected chi connectivity index (χ4v) is 0.785. The zero-order valence-electron chi connectivity index (χ0n) is 9.41. The van der Waals surface area contributed by atoms with E-state index in [4.69, 9.17) is 4.74 Å². The number of aliphatic hydroxyl groups is 1. The molecule has 1 atom stereocenters. The van der Waals surface area contributed by atoms with E-state index < -0.39 is 6.10 Å². The van der Waals surface area contributed by atoms with Crippen LogP contribution in [0, 0.1) is 5.92 Å². The van der Waals surface area contributed by atoms with Gasteiger partial charge in [0.1, 0.15) is 0 Å². The van der Waals surface area contributed by atoms with Crippen molar-refractivity contribution in [3.8, 4) is 0 Å². The Balaban J connectivity index is 3.53. The number of amides is 1. The molecule has 4 nitrogen and oxygen atoms in total. The van der Waals surface area contributed by atoms with Gasteiger partial charge in [-0.3, -0.25) is 4.79 Å². The average Bonchev–Trinajstić information content (AvgIpc) is 2.10. The molecule has 0 aliphatic rings. The molecule has 0 saturated heterocycles. The molecule has 0 aromatic heterocycles. The minimum Gasteiger partial charge on any atom is -0.389 e. The molecule has 0 heterocycles. The molecule has 4 heteroatoms. The van der Waals surface area contributed by atoms with Crippen LogP contribution in [0.3, 0.4) is 0 Å². The van der Waals surface area contributed by atoms with Gasteiger partial charge in [-0.25, -0.2) is 0 Å². The molecule has 0 aliphatic carbocycles. The smallest absolute Gasteiger partial charge is 0.222 e. The summed E-state index contributed by atoms with van der Waals surface area (Å²) in [7, 11) is 0. The number of carbonyl (C=O) groups excluding carboxylic acids is 1. The van der Waals surface area contributed by atoms with Crippen LogP contribution in [0.1, 0.15) is 27.7 Å². The summed E-state index contributed by atoms with van der Waals surface area (Å²) in [6.07, 6.45) is -0.523. The van der Waals surface area contributed by atoms with Crippen molar-refractivity contribution in [1.29, 1.82) is 0 Å². The Bertz CT molecular complexity index is 169. The molecule has 84 valence electrons. The largest absolute Gasteiger partial charge is 0.389 e. The van der Waals surface area contributed by atoms with Gasteiger partial charge in [0, 0.05) is 12.5 Å². The predicted molar refractivity (Wildman–Crippen MR) is 54.9 cm³/mol. The van der Waals surface area contributed by atoms with Crippen LogP contribution in [0.4, 0.5) is 0 Å². The zero-order valence-corrected chi connectivity index (χ0v) is 9.41. The summed E-state index contributed by atoms with van der Waals surface area (Å²) in [4.78, 5) is 11.1. The molecule has 0 rings (SSSR count). The van der Waals surface area contributed by atoms with E-state index in [1.54, 1.807) is 0 Å². The van der Waals surface area contributed by atoms with Crippen LogP contribution in [0.2, 0.25) is 0 Å². The maximum absolute atomic E-state index is 11.1. The predicted octanol–water partition coefficient (Wildman–Crippen LogP) is 0.544. The fourth-order valence-electron chi connectivity index (χ4n) is 0.785. The van der Waals surface area contributed by atoms with E-state index in [1.807, 2.05) is 27.7 Å². The first-order valence-corrected chi connectivity index (χ1v) is 5.00. The van der Waals surface area contributed by atoms with E-state index in [0.717, 1.165) is 0 Å². The molecule has 0 aliphatic heterocycles. The molecule has 0 saturated carbocycles. The van der Waals surface area contributed by atoms with Crippen LogP contribution in [-0.4, -0.2) is 36.4 Å². The topological polar surface area (TPSA) is 58.6 Å². The molecule has 1 unspecified atom stereocenters. The summed E-state index contributed by atoms with van der Waals surface area (Å²) in [6, 6.07) is 0. The normalized spacial score (nSPS) is 13.4. The standard InChI is InChI=1S/C10H21NO3/c1-7(2)10(13)11-5-9(12)6-14-8(3)4/h7-9,12H,5-6H2,1-4H3,(H,11,13). The van der Waals surface area contributed by atoms with E-state index >= 15 is 0 Å². The number of ether oxygens (including phenoxy) is 1. The van der Waals surface area contributed by atoms with Crippen LogP contribution in [0.25, 0.3) is 0 Å². The summed E-state index contributed by atoms with van der Waals surface area (Å²) >= 11 is 0. The first-order chi connectivity index (χ1) is 6.43. The molecule has 0 radical (unpaired) electrons. The minimum atomic E-state index is -0.625. The quantitative estimate of drug-likeness (QED) is 0.662. The van der Waals surface area contributed by atoms with Crippen LogP contribution in [0.15, 0.2) is 0 Å². The molecule has 2 N–H and O–H groups in total. The lowest BCUT2D eigenvalue weighted by atomic mass is 10.2. The highest BCUT2D eigenvalue weighted by Gasteiger charge is 2.10. The summed E-state index contributed by atoms with van der Waals surface area (Å²) < 4.78 is 5.20. The maximum atomic E-state index is 11.1. The van der Waals surface area contributed by atoms with Crippen molar-refractivity contribution < 1.29 is 14.6 Å².